The van der Waals surface area contributed by atoms with Gasteiger partial charge in [0.2, 0.25) is 0 Å². The molecule has 0 amide bonds. The van der Waals surface area contributed by atoms with Gasteiger partial charge in [0.1, 0.15) is 5.71 Å². The average molecular weight is 333 g/mol. The number of rotatable bonds is 5. The Balaban J connectivity index is 2.60. The number of esters is 1. The Morgan fingerprint density at radius 1 is 1.09 bits per heavy atom. The molecule has 1 aromatic carbocycles. The maximum absolute atomic E-state index is 11.4. The molecule has 0 aliphatic rings. The van der Waals surface area contributed by atoms with Gasteiger partial charge in [-0.3, -0.25) is 4.79 Å². The SMILES string of the molecule is COc1cccc(/C(=N\OC(C)=O)c2cccs2)c1OC(C)=O. The summed E-state index contributed by atoms with van der Waals surface area (Å²) in [4.78, 5) is 28.1. The molecular formula is C16H15NO5S. The highest BCUT2D eigenvalue weighted by atomic mass is 32.1. The standard InChI is InChI=1S/C16H15NO5S/c1-10(18)21-16-12(6-4-7-13(16)20-3)15(17-22-11(2)19)14-8-5-9-23-14/h4-9H,1-3H3/b17-15+. The highest BCUT2D eigenvalue weighted by Gasteiger charge is 2.20. The molecule has 0 atom stereocenters. The number of para-hydroxylation sites is 1. The molecule has 23 heavy (non-hydrogen) atoms. The summed E-state index contributed by atoms with van der Waals surface area (Å²) in [5, 5.41) is 5.78. The third kappa shape index (κ3) is 4.17. The van der Waals surface area contributed by atoms with Crippen LogP contribution < -0.4 is 9.47 Å². The van der Waals surface area contributed by atoms with Crippen molar-refractivity contribution in [2.24, 2.45) is 5.16 Å². The predicted molar refractivity (Wildman–Crippen MR) is 86.0 cm³/mol. The van der Waals surface area contributed by atoms with Gasteiger partial charge < -0.3 is 14.3 Å². The molecule has 7 heteroatoms. The largest absolute Gasteiger partial charge is 0.493 e. The molecule has 120 valence electrons. The van der Waals surface area contributed by atoms with E-state index in [0.29, 0.717) is 17.0 Å². The van der Waals surface area contributed by atoms with E-state index in [2.05, 4.69) is 5.16 Å². The van der Waals surface area contributed by atoms with Gasteiger partial charge in [-0.05, 0) is 23.6 Å². The summed E-state index contributed by atoms with van der Waals surface area (Å²) in [5.41, 5.74) is 0.869. The maximum Gasteiger partial charge on any atom is 0.332 e. The Labute approximate surface area is 137 Å². The molecule has 0 N–H and O–H groups in total. The molecule has 1 aromatic heterocycles. The second kappa shape index (κ2) is 7.55. The molecule has 0 saturated heterocycles. The van der Waals surface area contributed by atoms with Gasteiger partial charge in [0.15, 0.2) is 11.5 Å². The van der Waals surface area contributed by atoms with E-state index in [1.165, 1.54) is 32.3 Å². The normalized spacial score (nSPS) is 11.0. The summed E-state index contributed by atoms with van der Waals surface area (Å²) < 4.78 is 10.5. The van der Waals surface area contributed by atoms with E-state index >= 15 is 0 Å². The number of oxime groups is 1. The van der Waals surface area contributed by atoms with Crippen molar-refractivity contribution in [2.75, 3.05) is 7.11 Å². The molecule has 0 fully saturated rings. The zero-order valence-corrected chi connectivity index (χ0v) is 13.7. The van der Waals surface area contributed by atoms with Crippen molar-refractivity contribution < 1.29 is 23.9 Å². The first kappa shape index (κ1) is 16.7. The molecular weight excluding hydrogens is 318 g/mol. The van der Waals surface area contributed by atoms with Crippen molar-refractivity contribution in [3.05, 3.63) is 46.2 Å². The second-order valence-electron chi connectivity index (χ2n) is 4.43. The quantitative estimate of drug-likeness (QED) is 0.276. The lowest BCUT2D eigenvalue weighted by Crippen LogP contribution is -2.11. The average Bonchev–Trinajstić information content (AvgIpc) is 3.02. The molecule has 0 aliphatic carbocycles. The highest BCUT2D eigenvalue weighted by Crippen LogP contribution is 2.34. The fraction of sp³-hybridized carbons (Fsp3) is 0.188. The fourth-order valence-corrected chi connectivity index (χ4v) is 2.58. The fourth-order valence-electron chi connectivity index (χ4n) is 1.86. The first-order valence-corrected chi connectivity index (χ1v) is 7.56. The number of benzene rings is 1. The monoisotopic (exact) mass is 333 g/mol. The molecule has 2 rings (SSSR count). The molecule has 0 aliphatic heterocycles. The lowest BCUT2D eigenvalue weighted by molar-refractivity contribution is -0.141. The number of ether oxygens (including phenoxy) is 2. The molecule has 0 radical (unpaired) electrons. The zero-order chi connectivity index (χ0) is 16.8. The molecule has 6 nitrogen and oxygen atoms in total. The molecule has 0 saturated carbocycles. The topological polar surface area (TPSA) is 74.2 Å². The van der Waals surface area contributed by atoms with Crippen LogP contribution in [-0.2, 0) is 14.4 Å². The Bertz CT molecular complexity index is 737. The molecule has 0 spiro atoms. The first-order valence-electron chi connectivity index (χ1n) is 6.68. The van der Waals surface area contributed by atoms with E-state index in [9.17, 15) is 9.59 Å². The van der Waals surface area contributed by atoms with Crippen LogP contribution in [0.5, 0.6) is 11.5 Å². The van der Waals surface area contributed by atoms with E-state index in [0.717, 1.165) is 4.88 Å². The summed E-state index contributed by atoms with van der Waals surface area (Å²) >= 11 is 1.42. The minimum Gasteiger partial charge on any atom is -0.493 e. The van der Waals surface area contributed by atoms with Gasteiger partial charge >= 0.3 is 11.9 Å². The summed E-state index contributed by atoms with van der Waals surface area (Å²) in [6.45, 7) is 2.55. The van der Waals surface area contributed by atoms with E-state index in [1.807, 2.05) is 17.5 Å². The number of methoxy groups -OCH3 is 1. The Kier molecular flexibility index (Phi) is 5.48. The second-order valence-corrected chi connectivity index (χ2v) is 5.38. The maximum atomic E-state index is 11.4. The Morgan fingerprint density at radius 2 is 1.87 bits per heavy atom. The third-order valence-corrected chi connectivity index (χ3v) is 3.60. The van der Waals surface area contributed by atoms with Crippen molar-refractivity contribution in [3.63, 3.8) is 0 Å². The van der Waals surface area contributed by atoms with Crippen LogP contribution in [0.25, 0.3) is 0 Å². The van der Waals surface area contributed by atoms with Crippen LogP contribution in [0.15, 0.2) is 40.9 Å². The van der Waals surface area contributed by atoms with E-state index in [1.54, 1.807) is 18.2 Å². The van der Waals surface area contributed by atoms with Crippen LogP contribution in [0, 0.1) is 0 Å². The highest BCUT2D eigenvalue weighted by molar-refractivity contribution is 7.12. The van der Waals surface area contributed by atoms with E-state index < -0.39 is 11.9 Å². The lowest BCUT2D eigenvalue weighted by Gasteiger charge is -2.13. The number of thiophene rings is 1. The Hall–Kier alpha value is -2.67. The first-order chi connectivity index (χ1) is 11.0. The van der Waals surface area contributed by atoms with Gasteiger partial charge in [-0.1, -0.05) is 17.3 Å². The van der Waals surface area contributed by atoms with E-state index in [4.69, 9.17) is 14.3 Å². The number of carbonyl (C=O) groups is 2. The number of carbonyl (C=O) groups excluding carboxylic acids is 2. The Morgan fingerprint density at radius 3 is 2.43 bits per heavy atom. The van der Waals surface area contributed by atoms with Crippen molar-refractivity contribution in [1.82, 2.24) is 0 Å². The third-order valence-electron chi connectivity index (χ3n) is 2.72. The van der Waals surface area contributed by atoms with Gasteiger partial charge in [-0.2, -0.15) is 0 Å². The minimum absolute atomic E-state index is 0.224. The van der Waals surface area contributed by atoms with Crippen LogP contribution >= 0.6 is 11.3 Å². The summed E-state index contributed by atoms with van der Waals surface area (Å²) in [6, 6.07) is 8.78. The van der Waals surface area contributed by atoms with Crippen LogP contribution in [0.1, 0.15) is 24.3 Å². The zero-order valence-electron chi connectivity index (χ0n) is 12.9. The molecule has 0 unspecified atom stereocenters. The van der Waals surface area contributed by atoms with Crippen LogP contribution in [-0.4, -0.2) is 24.8 Å². The van der Waals surface area contributed by atoms with Gasteiger partial charge in [0, 0.05) is 13.8 Å². The van der Waals surface area contributed by atoms with E-state index in [-0.39, 0.29) is 5.75 Å². The number of hydrogen-bond acceptors (Lipinski definition) is 7. The molecule has 0 bridgehead atoms. The van der Waals surface area contributed by atoms with Crippen LogP contribution in [0.4, 0.5) is 0 Å². The number of nitrogens with zero attached hydrogens (tertiary/aromatic N) is 1. The van der Waals surface area contributed by atoms with Gasteiger partial charge in [-0.25, -0.2) is 4.79 Å². The number of hydrogen-bond donors (Lipinski definition) is 0. The summed E-state index contributed by atoms with van der Waals surface area (Å²) in [5.74, 6) is -0.434. The van der Waals surface area contributed by atoms with Gasteiger partial charge in [0.25, 0.3) is 0 Å². The summed E-state index contributed by atoms with van der Waals surface area (Å²) in [6.07, 6.45) is 0. The minimum atomic E-state index is -0.545. The smallest absolute Gasteiger partial charge is 0.332 e. The molecule has 1 heterocycles. The van der Waals surface area contributed by atoms with Crippen molar-refractivity contribution in [1.29, 1.82) is 0 Å². The van der Waals surface area contributed by atoms with Crippen molar-refractivity contribution in [3.8, 4) is 11.5 Å². The summed E-state index contributed by atoms with van der Waals surface area (Å²) in [7, 11) is 1.47. The predicted octanol–water partition coefficient (Wildman–Crippen LogP) is 3.00. The molecule has 2 aromatic rings. The van der Waals surface area contributed by atoms with Crippen LogP contribution in [0.2, 0.25) is 0 Å². The van der Waals surface area contributed by atoms with Crippen LogP contribution in [0.3, 0.4) is 0 Å². The van der Waals surface area contributed by atoms with Gasteiger partial charge in [0.05, 0.1) is 17.6 Å². The van der Waals surface area contributed by atoms with Gasteiger partial charge in [-0.15, -0.1) is 11.3 Å². The lowest BCUT2D eigenvalue weighted by atomic mass is 10.1. The van der Waals surface area contributed by atoms with Crippen molar-refractivity contribution in [2.45, 2.75) is 13.8 Å². The van der Waals surface area contributed by atoms with Crippen molar-refractivity contribution >= 4 is 29.0 Å².